The van der Waals surface area contributed by atoms with E-state index in [4.69, 9.17) is 22.3 Å². The van der Waals surface area contributed by atoms with Crippen LogP contribution in [0.5, 0.6) is 0 Å². The molecule has 0 radical (unpaired) electrons. The Bertz CT molecular complexity index is 377. The van der Waals surface area contributed by atoms with Crippen molar-refractivity contribution in [1.82, 2.24) is 4.98 Å². The van der Waals surface area contributed by atoms with Gasteiger partial charge < -0.3 is 16.4 Å². The fourth-order valence-electron chi connectivity index (χ4n) is 1.05. The molecule has 15 heavy (non-hydrogen) atoms. The highest BCUT2D eigenvalue weighted by atomic mass is 15.1. The SMILES string of the molecule is CN(C)c1cc(C(=N)N)nc(C(=N)N)c1. The maximum atomic E-state index is 7.30. The van der Waals surface area contributed by atoms with E-state index in [2.05, 4.69) is 4.98 Å². The van der Waals surface area contributed by atoms with Crippen molar-refractivity contribution in [3.8, 4) is 0 Å². The lowest BCUT2D eigenvalue weighted by Gasteiger charge is -2.14. The van der Waals surface area contributed by atoms with Crippen LogP contribution >= 0.6 is 0 Å². The van der Waals surface area contributed by atoms with Crippen molar-refractivity contribution < 1.29 is 0 Å². The van der Waals surface area contributed by atoms with Gasteiger partial charge in [-0.05, 0) is 12.1 Å². The second-order valence-corrected chi connectivity index (χ2v) is 3.32. The molecule has 1 rings (SSSR count). The number of rotatable bonds is 3. The maximum absolute atomic E-state index is 7.30. The third kappa shape index (κ3) is 2.43. The van der Waals surface area contributed by atoms with Crippen LogP contribution in [-0.2, 0) is 0 Å². The van der Waals surface area contributed by atoms with Crippen LogP contribution < -0.4 is 16.4 Å². The van der Waals surface area contributed by atoms with Gasteiger partial charge >= 0.3 is 0 Å². The zero-order valence-corrected chi connectivity index (χ0v) is 8.70. The monoisotopic (exact) mass is 206 g/mol. The normalized spacial score (nSPS) is 9.73. The van der Waals surface area contributed by atoms with Crippen molar-refractivity contribution in [2.24, 2.45) is 11.5 Å². The number of anilines is 1. The Hall–Kier alpha value is -2.11. The van der Waals surface area contributed by atoms with E-state index in [0.29, 0.717) is 11.4 Å². The summed E-state index contributed by atoms with van der Waals surface area (Å²) in [7, 11) is 3.70. The minimum absolute atomic E-state index is 0.138. The van der Waals surface area contributed by atoms with E-state index >= 15 is 0 Å². The highest BCUT2D eigenvalue weighted by molar-refractivity contribution is 5.98. The highest BCUT2D eigenvalue weighted by Gasteiger charge is 2.08. The van der Waals surface area contributed by atoms with Gasteiger partial charge in [0, 0.05) is 19.8 Å². The molecule has 6 N–H and O–H groups in total. The van der Waals surface area contributed by atoms with Crippen LogP contribution in [0.1, 0.15) is 11.4 Å². The van der Waals surface area contributed by atoms with Gasteiger partial charge in [-0.3, -0.25) is 10.8 Å². The lowest BCUT2D eigenvalue weighted by atomic mass is 10.2. The number of nitrogen functional groups attached to an aromatic ring is 2. The first-order chi connectivity index (χ1) is 6.91. The molecule has 0 aromatic carbocycles. The Morgan fingerprint density at radius 3 is 1.80 bits per heavy atom. The van der Waals surface area contributed by atoms with Crippen molar-refractivity contribution in [2.75, 3.05) is 19.0 Å². The predicted molar refractivity (Wildman–Crippen MR) is 60.6 cm³/mol. The standard InChI is InChI=1S/C9H14N6/c1-15(2)5-3-6(8(10)11)14-7(4-5)9(12)13/h3-4H,1-2H3,(H3,10,11)(H3,12,13). The lowest BCUT2D eigenvalue weighted by molar-refractivity contribution is 1.10. The first kappa shape index (κ1) is 11.0. The van der Waals surface area contributed by atoms with Crippen LogP contribution in [0.4, 0.5) is 5.69 Å². The molecule has 1 heterocycles. The molecule has 0 amide bonds. The number of nitrogens with one attached hydrogen (secondary N) is 2. The number of amidine groups is 2. The molecule has 80 valence electrons. The molecule has 0 saturated carbocycles. The summed E-state index contributed by atoms with van der Waals surface area (Å²) in [4.78, 5) is 5.82. The minimum Gasteiger partial charge on any atom is -0.382 e. The van der Waals surface area contributed by atoms with Gasteiger partial charge in [-0.1, -0.05) is 0 Å². The number of nitrogens with two attached hydrogens (primary N) is 2. The first-order valence-electron chi connectivity index (χ1n) is 4.30. The Balaban J connectivity index is 3.32. The molecule has 0 bridgehead atoms. The Labute approximate surface area is 87.9 Å². The smallest absolute Gasteiger partial charge is 0.141 e. The van der Waals surface area contributed by atoms with E-state index in [0.717, 1.165) is 5.69 Å². The third-order valence-electron chi connectivity index (χ3n) is 1.88. The molecule has 0 spiro atoms. The van der Waals surface area contributed by atoms with Gasteiger partial charge in [-0.25, -0.2) is 4.98 Å². The fourth-order valence-corrected chi connectivity index (χ4v) is 1.05. The summed E-state index contributed by atoms with van der Waals surface area (Å²) < 4.78 is 0. The average molecular weight is 206 g/mol. The average Bonchev–Trinajstić information content (AvgIpc) is 2.16. The minimum atomic E-state index is -0.138. The van der Waals surface area contributed by atoms with E-state index in [-0.39, 0.29) is 11.7 Å². The van der Waals surface area contributed by atoms with E-state index < -0.39 is 0 Å². The van der Waals surface area contributed by atoms with Crippen LogP contribution in [0.2, 0.25) is 0 Å². The summed E-state index contributed by atoms with van der Waals surface area (Å²) in [6, 6.07) is 3.35. The van der Waals surface area contributed by atoms with Gasteiger partial charge in [-0.15, -0.1) is 0 Å². The van der Waals surface area contributed by atoms with Gasteiger partial charge in [0.05, 0.1) is 0 Å². The molecule has 0 aliphatic rings. The maximum Gasteiger partial charge on any atom is 0.141 e. The molecule has 6 nitrogen and oxygen atoms in total. The second kappa shape index (κ2) is 3.95. The van der Waals surface area contributed by atoms with Gasteiger partial charge in [-0.2, -0.15) is 0 Å². The number of aromatic nitrogens is 1. The highest BCUT2D eigenvalue weighted by Crippen LogP contribution is 2.13. The molecule has 1 aromatic rings. The van der Waals surface area contributed by atoms with Crippen LogP contribution in [0, 0.1) is 10.8 Å². The molecular formula is C9H14N6. The van der Waals surface area contributed by atoms with Crippen molar-refractivity contribution >= 4 is 17.4 Å². The van der Waals surface area contributed by atoms with E-state index in [1.807, 2.05) is 19.0 Å². The molecule has 0 atom stereocenters. The number of nitrogens with zero attached hydrogens (tertiary/aromatic N) is 2. The number of pyridine rings is 1. The Morgan fingerprint density at radius 2 is 1.53 bits per heavy atom. The fraction of sp³-hybridized carbons (Fsp3) is 0.222. The summed E-state index contributed by atoms with van der Waals surface area (Å²) in [6.07, 6.45) is 0. The summed E-state index contributed by atoms with van der Waals surface area (Å²) in [5.41, 5.74) is 12.1. The Kier molecular flexibility index (Phi) is 2.89. The largest absolute Gasteiger partial charge is 0.382 e. The van der Waals surface area contributed by atoms with E-state index in [9.17, 15) is 0 Å². The zero-order chi connectivity index (χ0) is 11.6. The predicted octanol–water partition coefficient (Wildman–Crippen LogP) is -0.284. The molecule has 0 aliphatic carbocycles. The zero-order valence-electron chi connectivity index (χ0n) is 8.70. The number of hydrogen-bond donors (Lipinski definition) is 4. The van der Waals surface area contributed by atoms with Gasteiger partial charge in [0.1, 0.15) is 23.1 Å². The van der Waals surface area contributed by atoms with Crippen LogP contribution in [0.15, 0.2) is 12.1 Å². The lowest BCUT2D eigenvalue weighted by Crippen LogP contribution is -2.21. The summed E-state index contributed by atoms with van der Waals surface area (Å²) in [5, 5.41) is 14.6. The number of hydrogen-bond acceptors (Lipinski definition) is 4. The van der Waals surface area contributed by atoms with Crippen LogP contribution in [0.3, 0.4) is 0 Å². The van der Waals surface area contributed by atoms with Gasteiger partial charge in [0.25, 0.3) is 0 Å². The Morgan fingerprint density at radius 1 is 1.13 bits per heavy atom. The van der Waals surface area contributed by atoms with E-state index in [1.165, 1.54) is 0 Å². The van der Waals surface area contributed by atoms with Crippen molar-refractivity contribution in [1.29, 1.82) is 10.8 Å². The van der Waals surface area contributed by atoms with Crippen molar-refractivity contribution in [3.05, 3.63) is 23.5 Å². The van der Waals surface area contributed by atoms with Crippen LogP contribution in [-0.4, -0.2) is 30.8 Å². The summed E-state index contributed by atoms with van der Waals surface area (Å²) in [6.45, 7) is 0. The topological polar surface area (TPSA) is 116 Å². The van der Waals surface area contributed by atoms with Crippen LogP contribution in [0.25, 0.3) is 0 Å². The molecule has 6 heteroatoms. The van der Waals surface area contributed by atoms with Crippen molar-refractivity contribution in [2.45, 2.75) is 0 Å². The molecule has 0 aliphatic heterocycles. The quantitative estimate of drug-likeness (QED) is 0.402. The van der Waals surface area contributed by atoms with Crippen molar-refractivity contribution in [3.63, 3.8) is 0 Å². The van der Waals surface area contributed by atoms with E-state index in [1.54, 1.807) is 12.1 Å². The van der Waals surface area contributed by atoms with Gasteiger partial charge in [0.2, 0.25) is 0 Å². The molecule has 0 saturated heterocycles. The molecule has 0 fully saturated rings. The second-order valence-electron chi connectivity index (χ2n) is 3.32. The molecule has 1 aromatic heterocycles. The first-order valence-corrected chi connectivity index (χ1v) is 4.30. The molecular weight excluding hydrogens is 192 g/mol. The summed E-state index contributed by atoms with van der Waals surface area (Å²) >= 11 is 0. The molecule has 0 unspecified atom stereocenters. The summed E-state index contributed by atoms with van der Waals surface area (Å²) in [5.74, 6) is -0.276. The van der Waals surface area contributed by atoms with Gasteiger partial charge in [0.15, 0.2) is 0 Å². The third-order valence-corrected chi connectivity index (χ3v) is 1.88.